The third-order valence-electron chi connectivity index (χ3n) is 3.55. The Bertz CT molecular complexity index is 386. The van der Waals surface area contributed by atoms with E-state index in [2.05, 4.69) is 41.5 Å². The number of benzene rings is 1. The minimum Gasteiger partial charge on any atom is -0.387 e. The molecule has 1 aliphatic rings. The molecule has 1 aliphatic heterocycles. The zero-order chi connectivity index (χ0) is 12.8. The second-order valence-corrected chi connectivity index (χ2v) is 5.17. The topological polar surface area (TPSA) is 50.4 Å². The highest BCUT2D eigenvalue weighted by atomic mass is 14.9. The quantitative estimate of drug-likeness (QED) is 0.756. The van der Waals surface area contributed by atoms with Gasteiger partial charge in [0.25, 0.3) is 0 Å². The lowest BCUT2D eigenvalue weighted by Gasteiger charge is -2.12. The maximum Gasteiger partial charge on any atom is 0.0944 e. The maximum absolute atomic E-state index is 5.76. The predicted octanol–water partition coefficient (Wildman–Crippen LogP) is 2.32. The summed E-state index contributed by atoms with van der Waals surface area (Å²) in [6.45, 7) is 4.24. The Labute approximate surface area is 109 Å². The Morgan fingerprint density at radius 3 is 2.78 bits per heavy atom. The molecule has 3 nitrogen and oxygen atoms in total. The molecule has 0 aromatic heterocycles. The number of amidine groups is 1. The first-order valence-electron chi connectivity index (χ1n) is 6.82. The van der Waals surface area contributed by atoms with Crippen molar-refractivity contribution < 1.29 is 0 Å². The maximum atomic E-state index is 5.76. The average Bonchev–Trinajstić information content (AvgIpc) is 2.69. The van der Waals surface area contributed by atoms with Gasteiger partial charge in [-0.2, -0.15) is 0 Å². The summed E-state index contributed by atoms with van der Waals surface area (Å²) in [4.78, 5) is 4.49. The summed E-state index contributed by atoms with van der Waals surface area (Å²) in [7, 11) is 0. The van der Waals surface area contributed by atoms with Gasteiger partial charge in [-0.25, -0.2) is 0 Å². The van der Waals surface area contributed by atoms with Gasteiger partial charge in [0, 0.05) is 13.0 Å². The number of nitrogens with zero attached hydrogens (tertiary/aromatic N) is 1. The van der Waals surface area contributed by atoms with Gasteiger partial charge in [0.05, 0.1) is 11.9 Å². The lowest BCUT2D eigenvalue weighted by molar-refractivity contribution is 0.455. The van der Waals surface area contributed by atoms with Gasteiger partial charge >= 0.3 is 0 Å². The van der Waals surface area contributed by atoms with Gasteiger partial charge < -0.3 is 11.1 Å². The minimum atomic E-state index is 0.448. The normalized spacial score (nSPS) is 23.1. The molecule has 3 heteroatoms. The summed E-state index contributed by atoms with van der Waals surface area (Å²) < 4.78 is 0. The molecule has 0 fully saturated rings. The van der Waals surface area contributed by atoms with Crippen molar-refractivity contribution in [2.75, 3.05) is 6.54 Å². The summed E-state index contributed by atoms with van der Waals surface area (Å²) in [5, 5.41) is 3.47. The fourth-order valence-corrected chi connectivity index (χ4v) is 2.47. The molecule has 3 N–H and O–H groups in total. The molecule has 2 rings (SSSR count). The number of rotatable bonds is 6. The van der Waals surface area contributed by atoms with Crippen molar-refractivity contribution in [3.05, 3.63) is 35.9 Å². The molecular weight excluding hydrogens is 222 g/mol. The molecule has 0 aliphatic carbocycles. The molecular formula is C15H23N3. The van der Waals surface area contributed by atoms with Crippen molar-refractivity contribution in [3.63, 3.8) is 0 Å². The monoisotopic (exact) mass is 245 g/mol. The summed E-state index contributed by atoms with van der Waals surface area (Å²) in [5.41, 5.74) is 7.10. The zero-order valence-corrected chi connectivity index (χ0v) is 11.1. The van der Waals surface area contributed by atoms with Crippen LogP contribution in [0.5, 0.6) is 0 Å². The average molecular weight is 245 g/mol. The van der Waals surface area contributed by atoms with Gasteiger partial charge in [-0.3, -0.25) is 4.99 Å². The Morgan fingerprint density at radius 2 is 2.11 bits per heavy atom. The molecule has 0 bridgehead atoms. The van der Waals surface area contributed by atoms with E-state index in [4.69, 9.17) is 5.73 Å². The molecule has 1 aromatic rings. The number of aliphatic imine (C=N–C) groups is 1. The first-order valence-corrected chi connectivity index (χ1v) is 6.82. The van der Waals surface area contributed by atoms with Crippen molar-refractivity contribution >= 4 is 5.84 Å². The van der Waals surface area contributed by atoms with Crippen LogP contribution >= 0.6 is 0 Å². The second-order valence-electron chi connectivity index (χ2n) is 5.17. The largest absolute Gasteiger partial charge is 0.387 e. The minimum absolute atomic E-state index is 0.448. The molecule has 0 radical (unpaired) electrons. The van der Waals surface area contributed by atoms with Crippen molar-refractivity contribution in [1.82, 2.24) is 5.32 Å². The molecule has 0 spiro atoms. The summed E-state index contributed by atoms with van der Waals surface area (Å²) >= 11 is 0. The van der Waals surface area contributed by atoms with E-state index < -0.39 is 0 Å². The SMILES string of the molecule is C[C@H]1CC(N)=N[C@H]1CCCNCc1ccccc1. The Kier molecular flexibility index (Phi) is 4.76. The molecule has 0 saturated carbocycles. The molecule has 0 amide bonds. The number of hydrogen-bond donors (Lipinski definition) is 2. The fraction of sp³-hybridized carbons (Fsp3) is 0.533. The van der Waals surface area contributed by atoms with Crippen LogP contribution in [0.25, 0.3) is 0 Å². The highest BCUT2D eigenvalue weighted by Gasteiger charge is 2.23. The van der Waals surface area contributed by atoms with Crippen LogP contribution in [-0.4, -0.2) is 18.4 Å². The van der Waals surface area contributed by atoms with Crippen LogP contribution in [0.3, 0.4) is 0 Å². The molecule has 1 aromatic carbocycles. The van der Waals surface area contributed by atoms with Crippen LogP contribution in [0.15, 0.2) is 35.3 Å². The fourth-order valence-electron chi connectivity index (χ4n) is 2.47. The van der Waals surface area contributed by atoms with Crippen LogP contribution < -0.4 is 11.1 Å². The molecule has 2 atom stereocenters. The Balaban J connectivity index is 1.59. The number of nitrogens with two attached hydrogens (primary N) is 1. The smallest absolute Gasteiger partial charge is 0.0944 e. The van der Waals surface area contributed by atoms with Gasteiger partial charge in [0.1, 0.15) is 0 Å². The Morgan fingerprint density at radius 1 is 1.33 bits per heavy atom. The number of hydrogen-bond acceptors (Lipinski definition) is 3. The van der Waals surface area contributed by atoms with Crippen molar-refractivity contribution in [1.29, 1.82) is 0 Å². The van der Waals surface area contributed by atoms with Gasteiger partial charge in [0.2, 0.25) is 0 Å². The Hall–Kier alpha value is -1.35. The summed E-state index contributed by atoms with van der Waals surface area (Å²) in [6, 6.07) is 11.0. The summed E-state index contributed by atoms with van der Waals surface area (Å²) in [5.74, 6) is 1.46. The van der Waals surface area contributed by atoms with E-state index >= 15 is 0 Å². The van der Waals surface area contributed by atoms with Crippen LogP contribution in [-0.2, 0) is 6.54 Å². The van der Waals surface area contributed by atoms with E-state index in [9.17, 15) is 0 Å². The molecule has 0 saturated heterocycles. The third kappa shape index (κ3) is 3.84. The molecule has 0 unspecified atom stereocenters. The first kappa shape index (κ1) is 13.1. The van der Waals surface area contributed by atoms with Crippen LogP contribution in [0.2, 0.25) is 0 Å². The summed E-state index contributed by atoms with van der Waals surface area (Å²) in [6.07, 6.45) is 3.28. The van der Waals surface area contributed by atoms with E-state index in [0.717, 1.165) is 31.8 Å². The van der Waals surface area contributed by atoms with E-state index in [1.807, 2.05) is 6.07 Å². The van der Waals surface area contributed by atoms with Crippen LogP contribution in [0.4, 0.5) is 0 Å². The van der Waals surface area contributed by atoms with E-state index in [1.54, 1.807) is 0 Å². The lowest BCUT2D eigenvalue weighted by Crippen LogP contribution is -2.18. The zero-order valence-electron chi connectivity index (χ0n) is 11.1. The van der Waals surface area contributed by atoms with E-state index in [-0.39, 0.29) is 0 Å². The van der Waals surface area contributed by atoms with Gasteiger partial charge in [-0.1, -0.05) is 37.3 Å². The molecule has 1 heterocycles. The number of nitrogens with one attached hydrogen (secondary N) is 1. The van der Waals surface area contributed by atoms with Crippen LogP contribution in [0.1, 0.15) is 31.7 Å². The van der Waals surface area contributed by atoms with Gasteiger partial charge in [-0.05, 0) is 30.9 Å². The first-order chi connectivity index (χ1) is 8.75. The van der Waals surface area contributed by atoms with Crippen molar-refractivity contribution in [3.8, 4) is 0 Å². The highest BCUT2D eigenvalue weighted by molar-refractivity contribution is 5.82. The third-order valence-corrected chi connectivity index (χ3v) is 3.55. The van der Waals surface area contributed by atoms with Gasteiger partial charge in [0.15, 0.2) is 0 Å². The predicted molar refractivity (Wildman–Crippen MR) is 76.6 cm³/mol. The standard InChI is InChI=1S/C15H23N3/c1-12-10-15(16)18-14(12)8-5-9-17-11-13-6-3-2-4-7-13/h2-4,6-7,12,14,17H,5,8-11H2,1H3,(H2,16,18)/t12-,14-/m0/s1. The van der Waals surface area contributed by atoms with E-state index in [1.165, 1.54) is 12.0 Å². The second kappa shape index (κ2) is 6.55. The van der Waals surface area contributed by atoms with Crippen molar-refractivity contribution in [2.45, 2.75) is 38.8 Å². The molecule has 18 heavy (non-hydrogen) atoms. The van der Waals surface area contributed by atoms with Crippen LogP contribution in [0, 0.1) is 5.92 Å². The van der Waals surface area contributed by atoms with Gasteiger partial charge in [-0.15, -0.1) is 0 Å². The lowest BCUT2D eigenvalue weighted by atomic mass is 9.98. The van der Waals surface area contributed by atoms with E-state index in [0.29, 0.717) is 12.0 Å². The highest BCUT2D eigenvalue weighted by Crippen LogP contribution is 2.22. The van der Waals surface area contributed by atoms with Crippen molar-refractivity contribution in [2.24, 2.45) is 16.6 Å². The molecule has 98 valence electrons.